The lowest BCUT2D eigenvalue weighted by molar-refractivity contribution is -0.150. The first-order chi connectivity index (χ1) is 20.1. The van der Waals surface area contributed by atoms with E-state index in [9.17, 15) is 9.59 Å². The molecule has 2 heterocycles. The first kappa shape index (κ1) is 31.6. The van der Waals surface area contributed by atoms with Crippen LogP contribution in [0.5, 0.6) is 5.75 Å². The maximum atomic E-state index is 13.9. The lowest BCUT2D eigenvalue weighted by atomic mass is 9.79. The summed E-state index contributed by atoms with van der Waals surface area (Å²) in [6.07, 6.45) is 1.89. The van der Waals surface area contributed by atoms with Crippen molar-refractivity contribution in [3.63, 3.8) is 0 Å². The molecule has 0 saturated heterocycles. The molecule has 228 valence electrons. The number of benzene rings is 2. The van der Waals surface area contributed by atoms with Gasteiger partial charge >= 0.3 is 11.9 Å². The first-order valence-electron chi connectivity index (χ1n) is 14.6. The van der Waals surface area contributed by atoms with Gasteiger partial charge in [-0.1, -0.05) is 18.2 Å². The molecule has 3 aromatic rings. The number of nitrogens with zero attached hydrogens (tertiary/aromatic N) is 2. The van der Waals surface area contributed by atoms with Crippen LogP contribution in [0.2, 0.25) is 0 Å². The van der Waals surface area contributed by atoms with Crippen LogP contribution in [0.15, 0.2) is 77.3 Å². The predicted molar refractivity (Wildman–Crippen MR) is 168 cm³/mol. The van der Waals surface area contributed by atoms with Crippen molar-refractivity contribution in [1.82, 2.24) is 15.1 Å². The van der Waals surface area contributed by atoms with Gasteiger partial charge in [-0.05, 0) is 105 Å². The van der Waals surface area contributed by atoms with Crippen LogP contribution in [0.3, 0.4) is 0 Å². The molecule has 0 aliphatic carbocycles. The molecule has 0 spiro atoms. The minimum Gasteiger partial charge on any atom is -0.494 e. The Labute approximate surface area is 254 Å². The Morgan fingerprint density at radius 3 is 1.91 bits per heavy atom. The average molecular weight is 586 g/mol. The fourth-order valence-corrected chi connectivity index (χ4v) is 5.16. The zero-order valence-electron chi connectivity index (χ0n) is 26.9. The van der Waals surface area contributed by atoms with Gasteiger partial charge < -0.3 is 19.5 Å². The third-order valence-corrected chi connectivity index (χ3v) is 6.82. The normalized spacial score (nSPS) is 14.5. The Kier molecular flexibility index (Phi) is 8.90. The number of esters is 2. The van der Waals surface area contributed by atoms with Gasteiger partial charge in [0.25, 0.3) is 0 Å². The third-order valence-electron chi connectivity index (χ3n) is 6.82. The predicted octanol–water partition coefficient (Wildman–Crippen LogP) is 7.16. The van der Waals surface area contributed by atoms with Crippen LogP contribution in [0.4, 0.5) is 0 Å². The standard InChI is InChI=1S/C35H43N3O5/c1-11-41-27-18-17-24(19-21(27)2)31-26(20-38(37-31)25-15-13-12-14-16-25)30-28(32(39)42-34(5,6)7)22(3)36-23(4)29(30)33(40)43-35(8,9)10/h12-20,30,36H,11H2,1-10H3. The topological polar surface area (TPSA) is 91.7 Å². The van der Waals surface area contributed by atoms with Crippen molar-refractivity contribution in [2.75, 3.05) is 6.61 Å². The largest absolute Gasteiger partial charge is 0.494 e. The van der Waals surface area contributed by atoms with E-state index in [1.54, 1.807) is 4.68 Å². The van der Waals surface area contributed by atoms with Crippen molar-refractivity contribution in [3.8, 4) is 22.7 Å². The Hall–Kier alpha value is -4.33. The summed E-state index contributed by atoms with van der Waals surface area (Å²) < 4.78 is 19.4. The molecule has 43 heavy (non-hydrogen) atoms. The van der Waals surface area contributed by atoms with Gasteiger partial charge in [0.1, 0.15) is 17.0 Å². The van der Waals surface area contributed by atoms with Gasteiger partial charge in [0.2, 0.25) is 0 Å². The molecule has 0 unspecified atom stereocenters. The van der Waals surface area contributed by atoms with E-state index in [2.05, 4.69) is 5.32 Å². The second kappa shape index (κ2) is 12.1. The Morgan fingerprint density at radius 2 is 1.42 bits per heavy atom. The number of dihydropyridines is 1. The molecule has 0 atom stereocenters. The van der Waals surface area contributed by atoms with Crippen LogP contribution in [-0.4, -0.2) is 39.5 Å². The van der Waals surface area contributed by atoms with Crippen molar-refractivity contribution in [1.29, 1.82) is 0 Å². The minimum absolute atomic E-state index is 0.331. The first-order valence-corrected chi connectivity index (χ1v) is 14.6. The number of aryl methyl sites for hydroxylation is 1. The number of hydrogen-bond donors (Lipinski definition) is 1. The number of ether oxygens (including phenoxy) is 3. The fourth-order valence-electron chi connectivity index (χ4n) is 5.16. The zero-order valence-corrected chi connectivity index (χ0v) is 26.9. The maximum absolute atomic E-state index is 13.9. The van der Waals surface area contributed by atoms with Gasteiger partial charge in [-0.3, -0.25) is 0 Å². The molecule has 0 amide bonds. The molecule has 0 saturated carbocycles. The maximum Gasteiger partial charge on any atom is 0.337 e. The molecule has 8 nitrogen and oxygen atoms in total. The number of aromatic nitrogens is 2. The van der Waals surface area contributed by atoms with Crippen molar-refractivity contribution >= 4 is 11.9 Å². The molecular formula is C35H43N3O5. The van der Waals surface area contributed by atoms with Crippen LogP contribution in [-0.2, 0) is 19.1 Å². The van der Waals surface area contributed by atoms with Gasteiger partial charge in [0.05, 0.1) is 35.1 Å². The molecule has 0 radical (unpaired) electrons. The summed E-state index contributed by atoms with van der Waals surface area (Å²) in [6.45, 7) is 19.1. The molecule has 4 rings (SSSR count). The number of nitrogens with one attached hydrogen (secondary N) is 1. The van der Waals surface area contributed by atoms with E-state index in [-0.39, 0.29) is 0 Å². The quantitative estimate of drug-likeness (QED) is 0.294. The summed E-state index contributed by atoms with van der Waals surface area (Å²) in [5.41, 5.74) is 4.28. The third kappa shape index (κ3) is 7.19. The Morgan fingerprint density at radius 1 is 0.860 bits per heavy atom. The highest BCUT2D eigenvalue weighted by atomic mass is 16.6. The summed E-state index contributed by atoms with van der Waals surface area (Å²) in [4.78, 5) is 27.8. The highest BCUT2D eigenvalue weighted by Crippen LogP contribution is 2.44. The van der Waals surface area contributed by atoms with Crippen LogP contribution >= 0.6 is 0 Å². The number of hydrogen-bond acceptors (Lipinski definition) is 7. The van der Waals surface area contributed by atoms with Gasteiger partial charge in [0, 0.05) is 28.7 Å². The molecule has 1 aliphatic rings. The lowest BCUT2D eigenvalue weighted by Crippen LogP contribution is -2.36. The van der Waals surface area contributed by atoms with Crippen LogP contribution in [0.25, 0.3) is 16.9 Å². The van der Waals surface area contributed by atoms with Crippen LogP contribution in [0.1, 0.15) is 79.4 Å². The van der Waals surface area contributed by atoms with E-state index < -0.39 is 29.1 Å². The molecule has 0 bridgehead atoms. The molecule has 1 N–H and O–H groups in total. The van der Waals surface area contributed by atoms with Gasteiger partial charge in [0.15, 0.2) is 0 Å². The molecule has 1 aromatic heterocycles. The Balaban J connectivity index is 2.02. The van der Waals surface area contributed by atoms with E-state index in [0.717, 1.165) is 22.6 Å². The molecular weight excluding hydrogens is 542 g/mol. The van der Waals surface area contributed by atoms with Gasteiger partial charge in [-0.15, -0.1) is 0 Å². The van der Waals surface area contributed by atoms with Gasteiger partial charge in [-0.2, -0.15) is 5.10 Å². The Bertz CT molecular complexity index is 1530. The monoisotopic (exact) mass is 585 g/mol. The number of para-hydroxylation sites is 1. The van der Waals surface area contributed by atoms with E-state index in [0.29, 0.717) is 40.4 Å². The van der Waals surface area contributed by atoms with Crippen molar-refractivity contribution in [3.05, 3.63) is 88.4 Å². The summed E-state index contributed by atoms with van der Waals surface area (Å²) >= 11 is 0. The summed E-state index contributed by atoms with van der Waals surface area (Å²) in [6, 6.07) is 15.6. The SMILES string of the molecule is CCOc1ccc(-c2nn(-c3ccccc3)cc2C2C(C(=O)OC(C)(C)C)=C(C)NC(C)=C2C(=O)OC(C)(C)C)cc1C. The number of carbonyl (C=O) groups excluding carboxylic acids is 2. The summed E-state index contributed by atoms with van der Waals surface area (Å²) in [7, 11) is 0. The van der Waals surface area contributed by atoms with E-state index >= 15 is 0 Å². The highest BCUT2D eigenvalue weighted by molar-refractivity contribution is 6.00. The minimum atomic E-state index is -0.815. The fraction of sp³-hybridized carbons (Fsp3) is 0.400. The second-order valence-corrected chi connectivity index (χ2v) is 12.8. The van der Waals surface area contributed by atoms with E-state index in [4.69, 9.17) is 19.3 Å². The zero-order chi connectivity index (χ0) is 31.7. The van der Waals surface area contributed by atoms with Gasteiger partial charge in [-0.25, -0.2) is 14.3 Å². The van der Waals surface area contributed by atoms with E-state index in [1.165, 1.54) is 0 Å². The second-order valence-electron chi connectivity index (χ2n) is 12.8. The lowest BCUT2D eigenvalue weighted by Gasteiger charge is -2.33. The van der Waals surface area contributed by atoms with E-state index in [1.807, 2.05) is 124 Å². The average Bonchev–Trinajstić information content (AvgIpc) is 3.33. The van der Waals surface area contributed by atoms with Crippen molar-refractivity contribution in [2.24, 2.45) is 0 Å². The number of rotatable bonds is 7. The highest BCUT2D eigenvalue weighted by Gasteiger charge is 2.42. The van der Waals surface area contributed by atoms with Crippen molar-refractivity contribution in [2.45, 2.75) is 86.4 Å². The molecule has 8 heteroatoms. The molecule has 1 aliphatic heterocycles. The molecule has 0 fully saturated rings. The summed E-state index contributed by atoms with van der Waals surface area (Å²) in [5, 5.41) is 8.29. The van der Waals surface area contributed by atoms with Crippen LogP contribution in [0, 0.1) is 6.92 Å². The molecule has 2 aromatic carbocycles. The van der Waals surface area contributed by atoms with Crippen molar-refractivity contribution < 1.29 is 23.8 Å². The smallest absolute Gasteiger partial charge is 0.337 e. The number of carbonyl (C=O) groups is 2. The number of allylic oxidation sites excluding steroid dienone is 2. The van der Waals surface area contributed by atoms with Crippen LogP contribution < -0.4 is 10.1 Å². The summed E-state index contributed by atoms with van der Waals surface area (Å²) in [5.74, 6) is -1.06.